The van der Waals surface area contributed by atoms with E-state index >= 15 is 0 Å². The van der Waals surface area contributed by atoms with Crippen LogP contribution < -0.4 is 0 Å². The molecule has 0 aromatic carbocycles. The van der Waals surface area contributed by atoms with Crippen molar-refractivity contribution in [2.45, 2.75) is 26.4 Å². The summed E-state index contributed by atoms with van der Waals surface area (Å²) in [4.78, 5) is 15.1. The number of aliphatic hydroxyl groups excluding tert-OH is 1. The minimum absolute atomic E-state index is 0.0270. The highest BCUT2D eigenvalue weighted by atomic mass is 32.1. The Morgan fingerprint density at radius 1 is 1.79 bits per heavy atom. The van der Waals surface area contributed by atoms with Crippen LogP contribution in [-0.2, 0) is 9.53 Å². The van der Waals surface area contributed by atoms with Gasteiger partial charge < -0.3 is 9.84 Å². The quantitative estimate of drug-likeness (QED) is 0.772. The number of ether oxygens (including phenoxy) is 1. The number of thiazole rings is 1. The van der Waals surface area contributed by atoms with Crippen molar-refractivity contribution in [3.8, 4) is 0 Å². The predicted molar refractivity (Wildman–Crippen MR) is 53.1 cm³/mol. The standard InChI is InChI=1S/C9H13NO3S/c1-3-13-8(12)4-7(11)9-10-6(2)5-14-9/h5,7,11H,3-4H2,1-2H3. The van der Waals surface area contributed by atoms with Crippen LogP contribution in [-0.4, -0.2) is 22.7 Å². The second-order valence-corrected chi connectivity index (χ2v) is 3.74. The van der Waals surface area contributed by atoms with Gasteiger partial charge in [0.1, 0.15) is 11.1 Å². The van der Waals surface area contributed by atoms with Crippen LogP contribution in [0.3, 0.4) is 0 Å². The van der Waals surface area contributed by atoms with E-state index in [1.54, 1.807) is 6.92 Å². The molecule has 78 valence electrons. The van der Waals surface area contributed by atoms with E-state index in [0.29, 0.717) is 11.6 Å². The van der Waals surface area contributed by atoms with E-state index in [2.05, 4.69) is 4.98 Å². The molecule has 1 N–H and O–H groups in total. The maximum atomic E-state index is 11.0. The second kappa shape index (κ2) is 5.07. The molecule has 4 nitrogen and oxygen atoms in total. The molecule has 0 aliphatic rings. The summed E-state index contributed by atoms with van der Waals surface area (Å²) in [6.45, 7) is 3.91. The van der Waals surface area contributed by atoms with Crippen LogP contribution >= 0.6 is 11.3 Å². The third-order valence-electron chi connectivity index (χ3n) is 1.59. The van der Waals surface area contributed by atoms with Crippen molar-refractivity contribution in [3.63, 3.8) is 0 Å². The molecule has 0 bridgehead atoms. The molecule has 1 atom stereocenters. The normalized spacial score (nSPS) is 12.5. The fourth-order valence-electron chi connectivity index (χ4n) is 0.990. The molecule has 0 fully saturated rings. The van der Waals surface area contributed by atoms with Gasteiger partial charge in [-0.05, 0) is 13.8 Å². The Morgan fingerprint density at radius 3 is 3.00 bits per heavy atom. The summed E-state index contributed by atoms with van der Waals surface area (Å²) in [7, 11) is 0. The Labute approximate surface area is 86.6 Å². The Morgan fingerprint density at radius 2 is 2.50 bits per heavy atom. The minimum Gasteiger partial charge on any atom is -0.466 e. The van der Waals surface area contributed by atoms with Crippen LogP contribution in [0.1, 0.15) is 30.2 Å². The second-order valence-electron chi connectivity index (χ2n) is 2.85. The highest BCUT2D eigenvalue weighted by Gasteiger charge is 2.16. The zero-order valence-corrected chi connectivity index (χ0v) is 9.00. The summed E-state index contributed by atoms with van der Waals surface area (Å²) < 4.78 is 4.72. The lowest BCUT2D eigenvalue weighted by Crippen LogP contribution is -2.09. The highest BCUT2D eigenvalue weighted by Crippen LogP contribution is 2.20. The van der Waals surface area contributed by atoms with Crippen molar-refractivity contribution in [1.82, 2.24) is 4.98 Å². The third kappa shape index (κ3) is 3.08. The first kappa shape index (κ1) is 11.1. The molecule has 1 aromatic rings. The smallest absolute Gasteiger partial charge is 0.308 e. The summed E-state index contributed by atoms with van der Waals surface area (Å²) >= 11 is 1.35. The summed E-state index contributed by atoms with van der Waals surface area (Å²) in [5, 5.41) is 12.0. The van der Waals surface area contributed by atoms with Gasteiger partial charge in [0.05, 0.1) is 13.0 Å². The molecule has 0 amide bonds. The van der Waals surface area contributed by atoms with E-state index in [9.17, 15) is 9.90 Å². The maximum absolute atomic E-state index is 11.0. The SMILES string of the molecule is CCOC(=O)CC(O)c1nc(C)cs1. The van der Waals surface area contributed by atoms with E-state index in [1.807, 2.05) is 12.3 Å². The zero-order valence-electron chi connectivity index (χ0n) is 8.19. The summed E-state index contributed by atoms with van der Waals surface area (Å²) in [6, 6.07) is 0. The van der Waals surface area contributed by atoms with Gasteiger partial charge in [-0.15, -0.1) is 11.3 Å². The molecule has 1 rings (SSSR count). The fourth-order valence-corrected chi connectivity index (χ4v) is 1.77. The largest absolute Gasteiger partial charge is 0.466 e. The molecule has 0 aliphatic heterocycles. The van der Waals surface area contributed by atoms with Gasteiger partial charge >= 0.3 is 5.97 Å². The average molecular weight is 215 g/mol. The molecule has 0 spiro atoms. The molecule has 5 heteroatoms. The predicted octanol–water partition coefficient (Wildman–Crippen LogP) is 1.44. The molecular formula is C9H13NO3S. The van der Waals surface area contributed by atoms with Crippen LogP contribution in [0.15, 0.2) is 5.38 Å². The van der Waals surface area contributed by atoms with Crippen LogP contribution in [0.5, 0.6) is 0 Å². The lowest BCUT2D eigenvalue weighted by molar-refractivity contribution is -0.145. The van der Waals surface area contributed by atoms with Gasteiger partial charge in [-0.3, -0.25) is 4.79 Å². The number of carbonyl (C=O) groups excluding carboxylic acids is 1. The Kier molecular flexibility index (Phi) is 4.03. The average Bonchev–Trinajstić information content (AvgIpc) is 2.52. The van der Waals surface area contributed by atoms with Crippen LogP contribution in [0.2, 0.25) is 0 Å². The van der Waals surface area contributed by atoms with Gasteiger partial charge in [0.25, 0.3) is 0 Å². The number of aliphatic hydroxyl groups is 1. The molecule has 1 unspecified atom stereocenters. The number of hydrogen-bond acceptors (Lipinski definition) is 5. The number of carbonyl (C=O) groups is 1. The van der Waals surface area contributed by atoms with Gasteiger partial charge in [-0.1, -0.05) is 0 Å². The first-order valence-electron chi connectivity index (χ1n) is 4.39. The molecular weight excluding hydrogens is 202 g/mol. The zero-order chi connectivity index (χ0) is 10.6. The van der Waals surface area contributed by atoms with Gasteiger partial charge in [0, 0.05) is 11.1 Å². The Balaban J connectivity index is 2.50. The van der Waals surface area contributed by atoms with Crippen molar-refractivity contribution in [2.24, 2.45) is 0 Å². The van der Waals surface area contributed by atoms with E-state index < -0.39 is 12.1 Å². The molecule has 0 radical (unpaired) electrons. The number of esters is 1. The monoisotopic (exact) mass is 215 g/mol. The van der Waals surface area contributed by atoms with Crippen molar-refractivity contribution in [1.29, 1.82) is 0 Å². The van der Waals surface area contributed by atoms with Crippen LogP contribution in [0.25, 0.3) is 0 Å². The number of aromatic nitrogens is 1. The first-order chi connectivity index (χ1) is 6.63. The van der Waals surface area contributed by atoms with Gasteiger partial charge in [0.2, 0.25) is 0 Å². The summed E-state index contributed by atoms with van der Waals surface area (Å²) in [5.74, 6) is -0.396. The Hall–Kier alpha value is -0.940. The van der Waals surface area contributed by atoms with Crippen LogP contribution in [0.4, 0.5) is 0 Å². The molecule has 1 aromatic heterocycles. The summed E-state index contributed by atoms with van der Waals surface area (Å²) in [5.41, 5.74) is 0.855. The lowest BCUT2D eigenvalue weighted by atomic mass is 10.3. The van der Waals surface area contributed by atoms with Crippen molar-refractivity contribution in [3.05, 3.63) is 16.1 Å². The van der Waals surface area contributed by atoms with E-state index in [4.69, 9.17) is 4.74 Å². The molecule has 0 saturated heterocycles. The maximum Gasteiger partial charge on any atom is 0.308 e. The molecule has 0 saturated carbocycles. The van der Waals surface area contributed by atoms with E-state index in [-0.39, 0.29) is 6.42 Å². The molecule has 14 heavy (non-hydrogen) atoms. The van der Waals surface area contributed by atoms with Crippen molar-refractivity contribution < 1.29 is 14.6 Å². The fraction of sp³-hybridized carbons (Fsp3) is 0.556. The van der Waals surface area contributed by atoms with Gasteiger partial charge in [-0.25, -0.2) is 4.98 Å². The first-order valence-corrected chi connectivity index (χ1v) is 5.27. The highest BCUT2D eigenvalue weighted by molar-refractivity contribution is 7.09. The van der Waals surface area contributed by atoms with E-state index in [1.165, 1.54) is 11.3 Å². The van der Waals surface area contributed by atoms with Crippen LogP contribution in [0, 0.1) is 6.92 Å². The summed E-state index contributed by atoms with van der Waals surface area (Å²) in [6.07, 6.45) is -0.867. The Bertz CT molecular complexity index is 311. The van der Waals surface area contributed by atoms with Crippen molar-refractivity contribution in [2.75, 3.05) is 6.61 Å². The van der Waals surface area contributed by atoms with Gasteiger partial charge in [-0.2, -0.15) is 0 Å². The molecule has 0 aliphatic carbocycles. The van der Waals surface area contributed by atoms with Gasteiger partial charge in [0.15, 0.2) is 0 Å². The number of rotatable bonds is 4. The topological polar surface area (TPSA) is 59.4 Å². The lowest BCUT2D eigenvalue weighted by Gasteiger charge is -2.06. The van der Waals surface area contributed by atoms with E-state index in [0.717, 1.165) is 5.69 Å². The minimum atomic E-state index is -0.840. The number of hydrogen-bond donors (Lipinski definition) is 1. The van der Waals surface area contributed by atoms with Crippen molar-refractivity contribution >= 4 is 17.3 Å². The number of aryl methyl sites for hydroxylation is 1. The third-order valence-corrected chi connectivity index (χ3v) is 2.65. The molecule has 1 heterocycles. The number of nitrogens with zero attached hydrogens (tertiary/aromatic N) is 1.